The Morgan fingerprint density at radius 3 is 1.57 bits per heavy atom. The number of nitrogens with zero attached hydrogens (tertiary/aromatic N) is 1. The molecule has 0 aliphatic heterocycles. The Morgan fingerprint density at radius 1 is 0.302 bits per heavy atom. The summed E-state index contributed by atoms with van der Waals surface area (Å²) in [6.07, 6.45) is 0. The van der Waals surface area contributed by atoms with Crippen molar-refractivity contribution < 1.29 is 0 Å². The predicted octanol–water partition coefficient (Wildman–Crippen LogP) is 17.0. The van der Waals surface area contributed by atoms with Gasteiger partial charge in [0.1, 0.15) is 0 Å². The minimum absolute atomic E-state index is 0.277. The van der Waals surface area contributed by atoms with E-state index in [-0.39, 0.29) is 5.41 Å². The SMILES string of the molecule is CC1(c2ccccc2)c2ccccc2-c2cc(N(c3ccc(-c4ccc5ccccc5c4)cc3)c3ccc4c(c3)c(-c3ccccc3)c(-c3ccccc3)c3ccccc34)ccc21. The van der Waals surface area contributed by atoms with E-state index in [9.17, 15) is 0 Å². The molecule has 11 aromatic rings. The zero-order valence-corrected chi connectivity index (χ0v) is 35.0. The Hall–Kier alpha value is -8.00. The Kier molecular flexibility index (Phi) is 8.69. The summed E-state index contributed by atoms with van der Waals surface area (Å²) < 4.78 is 0. The van der Waals surface area contributed by atoms with Gasteiger partial charge in [0.15, 0.2) is 0 Å². The lowest BCUT2D eigenvalue weighted by atomic mass is 9.74. The van der Waals surface area contributed by atoms with E-state index in [1.165, 1.54) is 93.5 Å². The molecule has 0 saturated carbocycles. The van der Waals surface area contributed by atoms with E-state index in [4.69, 9.17) is 0 Å². The van der Waals surface area contributed by atoms with Crippen molar-refractivity contribution in [1.29, 1.82) is 0 Å². The molecular weight excluding hydrogens is 759 g/mol. The van der Waals surface area contributed by atoms with E-state index in [1.807, 2.05) is 0 Å². The van der Waals surface area contributed by atoms with Crippen molar-refractivity contribution in [2.24, 2.45) is 0 Å². The summed E-state index contributed by atoms with van der Waals surface area (Å²) in [4.78, 5) is 2.46. The quantitative estimate of drug-likeness (QED) is 0.145. The summed E-state index contributed by atoms with van der Waals surface area (Å²) in [5.41, 5.74) is 16.9. The van der Waals surface area contributed by atoms with Crippen molar-refractivity contribution in [3.63, 3.8) is 0 Å². The van der Waals surface area contributed by atoms with Gasteiger partial charge in [-0.15, -0.1) is 0 Å². The average Bonchev–Trinajstić information content (AvgIpc) is 3.62. The Morgan fingerprint density at radius 2 is 0.825 bits per heavy atom. The van der Waals surface area contributed by atoms with Crippen LogP contribution in [0.15, 0.2) is 243 Å². The van der Waals surface area contributed by atoms with Crippen molar-refractivity contribution >= 4 is 49.4 Å². The molecule has 296 valence electrons. The van der Waals surface area contributed by atoms with Crippen molar-refractivity contribution in [2.45, 2.75) is 12.3 Å². The molecule has 0 saturated heterocycles. The first-order valence-electron chi connectivity index (χ1n) is 21.9. The molecule has 1 nitrogen and oxygen atoms in total. The Balaban J connectivity index is 1.10. The monoisotopic (exact) mass is 801 g/mol. The normalized spacial score (nSPS) is 14.2. The highest BCUT2D eigenvalue weighted by Crippen LogP contribution is 2.54. The molecule has 0 heterocycles. The molecular formula is C62H43N. The summed E-state index contributed by atoms with van der Waals surface area (Å²) in [6.45, 7) is 2.39. The zero-order valence-electron chi connectivity index (χ0n) is 35.0. The second-order valence-corrected chi connectivity index (χ2v) is 17.0. The molecule has 0 amide bonds. The molecule has 0 N–H and O–H groups in total. The van der Waals surface area contributed by atoms with E-state index in [0.717, 1.165) is 17.1 Å². The van der Waals surface area contributed by atoms with Gasteiger partial charge in [0, 0.05) is 22.5 Å². The molecule has 0 radical (unpaired) electrons. The Bertz CT molecular complexity index is 3500. The molecule has 0 aromatic heterocycles. The fourth-order valence-electron chi connectivity index (χ4n) is 10.5. The van der Waals surface area contributed by atoms with Crippen LogP contribution in [-0.4, -0.2) is 0 Å². The van der Waals surface area contributed by atoms with Gasteiger partial charge in [-0.25, -0.2) is 0 Å². The molecule has 12 rings (SSSR count). The van der Waals surface area contributed by atoms with Crippen LogP contribution in [-0.2, 0) is 5.41 Å². The van der Waals surface area contributed by atoms with E-state index >= 15 is 0 Å². The van der Waals surface area contributed by atoms with Crippen LogP contribution in [0.1, 0.15) is 23.6 Å². The average molecular weight is 802 g/mol. The number of hydrogen-bond acceptors (Lipinski definition) is 1. The smallest absolute Gasteiger partial charge is 0.0468 e. The topological polar surface area (TPSA) is 3.24 Å². The van der Waals surface area contributed by atoms with E-state index in [1.54, 1.807) is 0 Å². The molecule has 1 unspecified atom stereocenters. The molecule has 0 fully saturated rings. The summed E-state index contributed by atoms with van der Waals surface area (Å²) in [5.74, 6) is 0. The zero-order chi connectivity index (χ0) is 41.9. The highest BCUT2D eigenvalue weighted by molar-refractivity contribution is 6.22. The fourth-order valence-corrected chi connectivity index (χ4v) is 10.5. The van der Waals surface area contributed by atoms with Crippen molar-refractivity contribution in [1.82, 2.24) is 0 Å². The summed E-state index contributed by atoms with van der Waals surface area (Å²) in [5, 5.41) is 7.45. The van der Waals surface area contributed by atoms with Crippen LogP contribution in [0.2, 0.25) is 0 Å². The van der Waals surface area contributed by atoms with Crippen LogP contribution in [0.25, 0.3) is 76.8 Å². The second-order valence-electron chi connectivity index (χ2n) is 17.0. The summed E-state index contributed by atoms with van der Waals surface area (Å²) in [7, 11) is 0. The Labute approximate surface area is 368 Å². The van der Waals surface area contributed by atoms with Crippen LogP contribution < -0.4 is 4.90 Å². The van der Waals surface area contributed by atoms with E-state index < -0.39 is 0 Å². The molecule has 0 bridgehead atoms. The van der Waals surface area contributed by atoms with E-state index in [0.29, 0.717) is 0 Å². The van der Waals surface area contributed by atoms with Crippen LogP contribution in [0, 0.1) is 0 Å². The van der Waals surface area contributed by atoms with Crippen LogP contribution in [0.4, 0.5) is 17.1 Å². The number of rotatable bonds is 7. The minimum Gasteiger partial charge on any atom is -0.310 e. The third-order valence-electron chi connectivity index (χ3n) is 13.5. The van der Waals surface area contributed by atoms with Crippen LogP contribution in [0.3, 0.4) is 0 Å². The lowest BCUT2D eigenvalue weighted by Gasteiger charge is -2.30. The fraction of sp³-hybridized carbons (Fsp3) is 0.0323. The highest BCUT2D eigenvalue weighted by atomic mass is 15.1. The largest absolute Gasteiger partial charge is 0.310 e. The highest BCUT2D eigenvalue weighted by Gasteiger charge is 2.41. The second kappa shape index (κ2) is 14.9. The minimum atomic E-state index is -0.277. The van der Waals surface area contributed by atoms with Crippen LogP contribution >= 0.6 is 0 Å². The van der Waals surface area contributed by atoms with Gasteiger partial charge in [-0.1, -0.05) is 200 Å². The van der Waals surface area contributed by atoms with Crippen molar-refractivity contribution in [3.05, 3.63) is 259 Å². The maximum atomic E-state index is 2.46. The molecule has 1 atom stereocenters. The third-order valence-corrected chi connectivity index (χ3v) is 13.5. The first-order chi connectivity index (χ1) is 31.1. The van der Waals surface area contributed by atoms with Gasteiger partial charge in [0.25, 0.3) is 0 Å². The first-order valence-corrected chi connectivity index (χ1v) is 21.9. The van der Waals surface area contributed by atoms with Gasteiger partial charge in [0.2, 0.25) is 0 Å². The lowest BCUT2D eigenvalue weighted by Crippen LogP contribution is -2.22. The van der Waals surface area contributed by atoms with Gasteiger partial charge < -0.3 is 4.90 Å². The first kappa shape index (κ1) is 36.8. The molecule has 11 aromatic carbocycles. The lowest BCUT2D eigenvalue weighted by molar-refractivity contribution is 0.714. The standard InChI is InChI=1S/C62H43N/c1-62(48-23-9-4-10-24-48)58-28-16-15-26-54(58)56-40-51(36-38-59(56)62)63(49-33-31-43(32-34-49)47-30-29-42-17-11-12-22-46(42)39-47)50-35-37-53-52-25-13-14-27-55(52)60(44-18-5-2-6-19-44)61(57(53)41-50)45-20-7-3-8-21-45/h2-41H,1H3. The van der Waals surface area contributed by atoms with Gasteiger partial charge in [-0.3, -0.25) is 0 Å². The maximum Gasteiger partial charge on any atom is 0.0468 e. The molecule has 1 heteroatoms. The van der Waals surface area contributed by atoms with Gasteiger partial charge in [-0.2, -0.15) is 0 Å². The molecule has 1 aliphatic rings. The number of benzene rings is 11. The molecule has 1 aliphatic carbocycles. The van der Waals surface area contributed by atoms with Gasteiger partial charge in [0.05, 0.1) is 0 Å². The summed E-state index contributed by atoms with van der Waals surface area (Å²) >= 11 is 0. The number of hydrogen-bond donors (Lipinski definition) is 0. The van der Waals surface area contributed by atoms with Crippen molar-refractivity contribution in [2.75, 3.05) is 4.90 Å². The molecule has 0 spiro atoms. The predicted molar refractivity (Wildman–Crippen MR) is 267 cm³/mol. The molecule has 63 heavy (non-hydrogen) atoms. The van der Waals surface area contributed by atoms with Crippen LogP contribution in [0.5, 0.6) is 0 Å². The van der Waals surface area contributed by atoms with Gasteiger partial charge >= 0.3 is 0 Å². The maximum absolute atomic E-state index is 2.46. The number of anilines is 3. The number of fused-ring (bicyclic) bond motifs is 7. The van der Waals surface area contributed by atoms with Gasteiger partial charge in [-0.05, 0) is 143 Å². The third kappa shape index (κ3) is 6.00. The van der Waals surface area contributed by atoms with Crippen molar-refractivity contribution in [3.8, 4) is 44.5 Å². The summed E-state index contributed by atoms with van der Waals surface area (Å²) in [6, 6.07) is 89.4. The van der Waals surface area contributed by atoms with E-state index in [2.05, 4.69) is 254 Å².